The third-order valence-electron chi connectivity index (χ3n) is 18.0. The second-order valence-electron chi connectivity index (χ2n) is 21.3. The number of hydrogen-bond acceptors (Lipinski definition) is 2. The number of fused-ring (bicyclic) bond motifs is 25. The van der Waals surface area contributed by atoms with Crippen molar-refractivity contribution in [1.29, 1.82) is 0 Å². The fourth-order valence-corrected chi connectivity index (χ4v) is 15.2. The van der Waals surface area contributed by atoms with Gasteiger partial charge in [-0.05, 0) is 126 Å². The maximum absolute atomic E-state index is 6.64. The van der Waals surface area contributed by atoms with E-state index in [9.17, 15) is 0 Å². The lowest BCUT2D eigenvalue weighted by molar-refractivity contribution is 0.670. The summed E-state index contributed by atoms with van der Waals surface area (Å²) in [6.45, 7) is 0. The highest BCUT2D eigenvalue weighted by Gasteiger charge is 2.54. The number of benzene rings is 12. The molecule has 18 rings (SSSR count). The Morgan fingerprint density at radius 2 is 0.805 bits per heavy atom. The number of anilines is 3. The Morgan fingerprint density at radius 1 is 0.325 bits per heavy atom. The van der Waals surface area contributed by atoms with Gasteiger partial charge in [0.25, 0.3) is 0 Å². The van der Waals surface area contributed by atoms with Crippen molar-refractivity contribution < 1.29 is 4.42 Å². The van der Waals surface area contributed by atoms with Crippen LogP contribution in [0.15, 0.2) is 271 Å². The van der Waals surface area contributed by atoms with Gasteiger partial charge in [0.05, 0.1) is 33.2 Å². The van der Waals surface area contributed by atoms with Crippen molar-refractivity contribution in [2.24, 2.45) is 0 Å². The van der Waals surface area contributed by atoms with Gasteiger partial charge in [-0.15, -0.1) is 0 Å². The molecule has 14 aromatic rings. The molecule has 0 radical (unpaired) electrons. The van der Waals surface area contributed by atoms with E-state index >= 15 is 0 Å². The molecule has 0 bridgehead atoms. The van der Waals surface area contributed by atoms with E-state index in [-0.39, 0.29) is 0 Å². The van der Waals surface area contributed by atoms with Gasteiger partial charge in [-0.25, -0.2) is 0 Å². The summed E-state index contributed by atoms with van der Waals surface area (Å²) < 4.78 is 9.19. The van der Waals surface area contributed by atoms with Crippen LogP contribution in [0.4, 0.5) is 17.1 Å². The molecule has 0 saturated heterocycles. The van der Waals surface area contributed by atoms with E-state index in [0.717, 1.165) is 50.1 Å². The number of nitrogens with zero attached hydrogens (tertiary/aromatic N) is 2. The van der Waals surface area contributed by atoms with Gasteiger partial charge >= 0.3 is 0 Å². The van der Waals surface area contributed by atoms with Crippen molar-refractivity contribution >= 4 is 60.8 Å². The molecule has 3 aliphatic carbocycles. The highest BCUT2D eigenvalue weighted by atomic mass is 16.3. The van der Waals surface area contributed by atoms with Crippen molar-refractivity contribution in [2.75, 3.05) is 4.90 Å². The normalized spacial score (nSPS) is 14.2. The molecule has 3 heterocycles. The molecule has 0 fully saturated rings. The van der Waals surface area contributed by atoms with E-state index in [2.05, 4.69) is 270 Å². The third-order valence-corrected chi connectivity index (χ3v) is 18.0. The van der Waals surface area contributed by atoms with Gasteiger partial charge in [-0.2, -0.15) is 0 Å². The van der Waals surface area contributed by atoms with Crippen LogP contribution in [0.1, 0.15) is 44.5 Å². The molecule has 0 saturated carbocycles. The molecule has 356 valence electrons. The third kappa shape index (κ3) is 5.03. The van der Waals surface area contributed by atoms with Gasteiger partial charge < -0.3 is 13.9 Å². The predicted molar refractivity (Wildman–Crippen MR) is 315 cm³/mol. The highest BCUT2D eigenvalue weighted by molar-refractivity contribution is 6.14. The summed E-state index contributed by atoms with van der Waals surface area (Å²) in [6.07, 6.45) is 0. The summed E-state index contributed by atoms with van der Waals surface area (Å²) in [5, 5.41) is 4.79. The molecule has 1 aliphatic heterocycles. The van der Waals surface area contributed by atoms with Crippen molar-refractivity contribution in [3.8, 4) is 50.2 Å². The lowest BCUT2D eigenvalue weighted by Crippen LogP contribution is -2.33. The zero-order valence-corrected chi connectivity index (χ0v) is 41.7. The van der Waals surface area contributed by atoms with E-state index in [1.165, 1.54) is 105 Å². The van der Waals surface area contributed by atoms with Gasteiger partial charge in [0, 0.05) is 44.0 Å². The van der Waals surface area contributed by atoms with Crippen LogP contribution in [-0.2, 0) is 10.8 Å². The van der Waals surface area contributed by atoms with Crippen molar-refractivity contribution in [3.63, 3.8) is 0 Å². The summed E-state index contributed by atoms with van der Waals surface area (Å²) >= 11 is 0. The second-order valence-corrected chi connectivity index (χ2v) is 21.3. The second kappa shape index (κ2) is 14.9. The molecule has 4 aliphatic rings. The van der Waals surface area contributed by atoms with E-state index < -0.39 is 10.8 Å². The lowest BCUT2D eigenvalue weighted by Gasteiger charge is -2.40. The fraction of sp³-hybridized carbons (Fsp3) is 0.0270. The average molecular weight is 977 g/mol. The Morgan fingerprint density at radius 3 is 1.49 bits per heavy atom. The Hall–Kier alpha value is -9.96. The Bertz CT molecular complexity index is 4800. The summed E-state index contributed by atoms with van der Waals surface area (Å²) in [7, 11) is 0. The van der Waals surface area contributed by atoms with E-state index in [0.29, 0.717) is 0 Å². The van der Waals surface area contributed by atoms with Crippen LogP contribution < -0.4 is 4.90 Å². The zero-order valence-electron chi connectivity index (χ0n) is 41.7. The van der Waals surface area contributed by atoms with Crippen molar-refractivity contribution in [1.82, 2.24) is 4.57 Å². The molecule has 0 unspecified atom stereocenters. The van der Waals surface area contributed by atoms with Gasteiger partial charge in [0.2, 0.25) is 0 Å². The highest BCUT2D eigenvalue weighted by Crippen LogP contribution is 2.66. The summed E-state index contributed by atoms with van der Waals surface area (Å²) in [4.78, 5) is 2.55. The van der Waals surface area contributed by atoms with Crippen LogP contribution in [0.25, 0.3) is 93.9 Å². The average Bonchev–Trinajstić information content (AvgIpc) is 4.14. The minimum atomic E-state index is -0.615. The topological polar surface area (TPSA) is 21.3 Å². The molecule has 2 aromatic heterocycles. The summed E-state index contributed by atoms with van der Waals surface area (Å²) in [5.74, 6) is 0. The molecule has 77 heavy (non-hydrogen) atoms. The van der Waals surface area contributed by atoms with Crippen LogP contribution in [0.3, 0.4) is 0 Å². The van der Waals surface area contributed by atoms with Gasteiger partial charge in [-0.3, -0.25) is 0 Å². The minimum Gasteiger partial charge on any atom is -0.455 e. The number of aromatic nitrogens is 1. The molecule has 12 aromatic carbocycles. The van der Waals surface area contributed by atoms with Crippen molar-refractivity contribution in [2.45, 2.75) is 10.8 Å². The molecule has 2 spiro atoms. The summed E-state index contributed by atoms with van der Waals surface area (Å²) in [5.41, 5.74) is 28.0. The van der Waals surface area contributed by atoms with Gasteiger partial charge in [0.15, 0.2) is 0 Å². The van der Waals surface area contributed by atoms with Gasteiger partial charge in [0.1, 0.15) is 11.2 Å². The number of furan rings is 1. The molecule has 3 heteroatoms. The van der Waals surface area contributed by atoms with E-state index in [1.54, 1.807) is 0 Å². The van der Waals surface area contributed by atoms with Crippen LogP contribution in [0, 0.1) is 0 Å². The number of hydrogen-bond donors (Lipinski definition) is 0. The minimum absolute atomic E-state index is 0.502. The largest absolute Gasteiger partial charge is 0.455 e. The van der Waals surface area contributed by atoms with Crippen molar-refractivity contribution in [3.05, 3.63) is 311 Å². The van der Waals surface area contributed by atoms with Gasteiger partial charge in [-0.1, -0.05) is 218 Å². The first kappa shape index (κ1) is 41.4. The summed E-state index contributed by atoms with van der Waals surface area (Å²) in [6, 6.07) is 100. The smallest absolute Gasteiger partial charge is 0.143 e. The Balaban J connectivity index is 0.938. The van der Waals surface area contributed by atoms with Crippen LogP contribution in [0.2, 0.25) is 0 Å². The molecular weight excluding hydrogens is 933 g/mol. The fourth-order valence-electron chi connectivity index (χ4n) is 15.2. The van der Waals surface area contributed by atoms with E-state index in [4.69, 9.17) is 4.42 Å². The zero-order chi connectivity index (χ0) is 50.1. The first-order valence-corrected chi connectivity index (χ1v) is 26.8. The molecule has 3 nitrogen and oxygen atoms in total. The first-order valence-electron chi connectivity index (χ1n) is 26.8. The monoisotopic (exact) mass is 976 g/mol. The van der Waals surface area contributed by atoms with Crippen LogP contribution >= 0.6 is 0 Å². The first-order chi connectivity index (χ1) is 38.2. The number of para-hydroxylation sites is 4. The number of rotatable bonds is 4. The molecule has 0 atom stereocenters. The van der Waals surface area contributed by atoms with E-state index in [1.807, 2.05) is 6.07 Å². The van der Waals surface area contributed by atoms with Crippen LogP contribution in [0.5, 0.6) is 0 Å². The van der Waals surface area contributed by atoms with Crippen LogP contribution in [-0.4, -0.2) is 4.57 Å². The maximum atomic E-state index is 6.64. The maximum Gasteiger partial charge on any atom is 0.143 e. The molecular formula is C74H44N2O. The predicted octanol–water partition coefficient (Wildman–Crippen LogP) is 18.8. The Labute approximate surface area is 444 Å². The molecule has 0 N–H and O–H groups in total. The quantitative estimate of drug-likeness (QED) is 0.175. The lowest BCUT2D eigenvalue weighted by atomic mass is 9.65. The Kier molecular flexibility index (Phi) is 8.00. The standard InChI is InChI=1S/C74H44N2O/c1-8-28-58-49(18-1)50-19-2-9-29-59(50)73(58)62-32-12-5-24-57(62)70-63(73)33-17-36-68(70)75(46-40-38-45(39-41-46)48-25-15-27-56-54-23-7-14-37-69(54)77-72(48)56)47-42-43-67-65(44-47)74(60-30-10-3-20-51(60)52-21-4-11-31-61(52)74)64-34-16-26-55-53-22-6-13-35-66(53)76(67)71(55)64/h1-44H. The molecule has 0 amide bonds. The SMILES string of the molecule is c1ccc2c(c1)-c1ccccc1C21c2ccccc2-c2c(N(c3ccc(-c4cccc5c4oc4ccccc45)cc3)c3ccc4c(c3)C3(c5ccccc5-c5ccccc53)c3cccc5c6ccccc6n-4c35)cccc21.